The molecule has 0 saturated carbocycles. The van der Waals surface area contributed by atoms with Crippen molar-refractivity contribution in [1.82, 2.24) is 4.90 Å². The van der Waals surface area contributed by atoms with Crippen molar-refractivity contribution in [2.24, 2.45) is 4.99 Å². The Hall–Kier alpha value is -2.88. The zero-order chi connectivity index (χ0) is 22.7. The van der Waals surface area contributed by atoms with Crippen molar-refractivity contribution >= 4 is 46.4 Å². The van der Waals surface area contributed by atoms with Gasteiger partial charge in [0.25, 0.3) is 5.91 Å². The molecule has 0 radical (unpaired) electrons. The second-order valence-corrected chi connectivity index (χ2v) is 9.27. The molecular weight excluding hydrogens is 434 g/mol. The second-order valence-electron chi connectivity index (χ2n) is 8.10. The maximum atomic E-state index is 12.5. The molecule has 3 heterocycles. The highest BCUT2D eigenvalue weighted by atomic mass is 32.2. The molecule has 2 amide bonds. The number of piperidine rings is 1. The zero-order valence-electron chi connectivity index (χ0n) is 17.7. The second kappa shape index (κ2) is 9.72. The van der Waals surface area contributed by atoms with Gasteiger partial charge in [-0.25, -0.2) is 9.59 Å². The van der Waals surface area contributed by atoms with Crippen molar-refractivity contribution in [1.29, 1.82) is 0 Å². The number of anilines is 1. The topological polar surface area (TPSA) is 114 Å². The van der Waals surface area contributed by atoms with Crippen LogP contribution in [-0.2, 0) is 23.9 Å². The number of likely N-dealkylation sites (tertiary alicyclic amines) is 1. The van der Waals surface area contributed by atoms with Gasteiger partial charge >= 0.3 is 11.9 Å². The monoisotopic (exact) mass is 459 g/mol. The van der Waals surface area contributed by atoms with E-state index in [1.54, 1.807) is 19.1 Å². The van der Waals surface area contributed by atoms with Crippen molar-refractivity contribution in [3.8, 4) is 0 Å². The summed E-state index contributed by atoms with van der Waals surface area (Å²) in [5.41, 5.74) is 0.608. The van der Waals surface area contributed by atoms with Crippen LogP contribution in [0.2, 0.25) is 0 Å². The highest BCUT2D eigenvalue weighted by Crippen LogP contribution is 2.29. The zero-order valence-corrected chi connectivity index (χ0v) is 18.6. The fourth-order valence-electron chi connectivity index (χ4n) is 3.85. The first-order chi connectivity index (χ1) is 15.4. The lowest BCUT2D eigenvalue weighted by molar-refractivity contribution is -0.147. The van der Waals surface area contributed by atoms with E-state index in [4.69, 9.17) is 9.47 Å². The number of benzene rings is 1. The van der Waals surface area contributed by atoms with Gasteiger partial charge in [-0.3, -0.25) is 9.59 Å². The summed E-state index contributed by atoms with van der Waals surface area (Å²) in [6.45, 7) is 3.51. The first-order valence-corrected chi connectivity index (χ1v) is 11.6. The first kappa shape index (κ1) is 22.3. The minimum absolute atomic E-state index is 0.00911. The Morgan fingerprint density at radius 3 is 2.75 bits per heavy atom. The molecule has 2 fully saturated rings. The fraction of sp³-hybridized carbons (Fsp3) is 0.500. The predicted molar refractivity (Wildman–Crippen MR) is 118 cm³/mol. The van der Waals surface area contributed by atoms with Gasteiger partial charge in [0.15, 0.2) is 5.17 Å². The van der Waals surface area contributed by atoms with Crippen molar-refractivity contribution in [3.63, 3.8) is 0 Å². The van der Waals surface area contributed by atoms with Gasteiger partial charge in [0.1, 0.15) is 11.4 Å². The number of amidine groups is 1. The van der Waals surface area contributed by atoms with Crippen LogP contribution in [0.25, 0.3) is 0 Å². The van der Waals surface area contributed by atoms with Gasteiger partial charge in [-0.1, -0.05) is 17.8 Å². The summed E-state index contributed by atoms with van der Waals surface area (Å²) >= 11 is 1.34. The summed E-state index contributed by atoms with van der Waals surface area (Å²) in [7, 11) is 0. The van der Waals surface area contributed by atoms with Crippen LogP contribution in [0.3, 0.4) is 0 Å². The van der Waals surface area contributed by atoms with Gasteiger partial charge in [-0.2, -0.15) is 4.99 Å². The summed E-state index contributed by atoms with van der Waals surface area (Å²) in [6.07, 6.45) is 2.44. The summed E-state index contributed by atoms with van der Waals surface area (Å²) in [4.78, 5) is 55.1. The van der Waals surface area contributed by atoms with Gasteiger partial charge < -0.3 is 19.7 Å². The molecule has 3 aliphatic heterocycles. The summed E-state index contributed by atoms with van der Waals surface area (Å²) in [6, 6.07) is 6.26. The molecule has 0 bridgehead atoms. The number of aliphatic imine (C=N–C) groups is 1. The Kier molecular flexibility index (Phi) is 6.78. The van der Waals surface area contributed by atoms with E-state index in [-0.39, 0.29) is 29.9 Å². The minimum Gasteiger partial charge on any atom is -0.460 e. The van der Waals surface area contributed by atoms with Gasteiger partial charge in [-0.15, -0.1) is 0 Å². The van der Waals surface area contributed by atoms with E-state index >= 15 is 0 Å². The van der Waals surface area contributed by atoms with Gasteiger partial charge in [0.2, 0.25) is 12.0 Å². The molecule has 3 unspecified atom stereocenters. The number of esters is 2. The number of carbonyl (C=O) groups excluding carboxylic acids is 4. The Bertz CT molecular complexity index is 959. The number of rotatable bonds is 5. The normalized spacial score (nSPS) is 25.3. The van der Waals surface area contributed by atoms with E-state index in [1.807, 2.05) is 0 Å². The van der Waals surface area contributed by atoms with Crippen LogP contribution >= 0.6 is 11.8 Å². The molecule has 1 aromatic rings. The number of hydrogen-bond donors (Lipinski definition) is 1. The molecule has 0 spiro atoms. The van der Waals surface area contributed by atoms with E-state index in [1.165, 1.54) is 30.3 Å². The van der Waals surface area contributed by atoms with E-state index in [0.717, 1.165) is 25.9 Å². The molecule has 1 aromatic carbocycles. The number of carbonyl (C=O) groups is 4. The third-order valence-corrected chi connectivity index (χ3v) is 6.70. The Morgan fingerprint density at radius 2 is 2.03 bits per heavy atom. The lowest BCUT2D eigenvalue weighted by atomic mass is 10.1. The molecule has 3 aliphatic rings. The van der Waals surface area contributed by atoms with E-state index < -0.39 is 23.3 Å². The van der Waals surface area contributed by atoms with E-state index in [0.29, 0.717) is 17.3 Å². The molecule has 10 heteroatoms. The molecule has 4 rings (SSSR count). The fourth-order valence-corrected chi connectivity index (χ4v) is 4.96. The number of hydrogen-bond acceptors (Lipinski definition) is 8. The van der Waals surface area contributed by atoms with Crippen molar-refractivity contribution in [3.05, 3.63) is 29.8 Å². The molecule has 170 valence electrons. The average molecular weight is 460 g/mol. The van der Waals surface area contributed by atoms with Gasteiger partial charge in [0, 0.05) is 31.6 Å². The number of thioether (sulfide) groups is 1. The first-order valence-electron chi connectivity index (χ1n) is 10.7. The van der Waals surface area contributed by atoms with Crippen molar-refractivity contribution < 1.29 is 28.7 Å². The third kappa shape index (κ3) is 5.29. The van der Waals surface area contributed by atoms with Crippen LogP contribution < -0.4 is 5.32 Å². The van der Waals surface area contributed by atoms with Crippen LogP contribution in [0.5, 0.6) is 0 Å². The lowest BCUT2D eigenvalue weighted by Crippen LogP contribution is -2.33. The van der Waals surface area contributed by atoms with E-state index in [9.17, 15) is 19.2 Å². The average Bonchev–Trinajstić information content (AvgIpc) is 3.29. The molecule has 32 heavy (non-hydrogen) atoms. The van der Waals surface area contributed by atoms with Crippen molar-refractivity contribution in [2.75, 3.05) is 18.4 Å². The summed E-state index contributed by atoms with van der Waals surface area (Å²) in [5, 5.41) is 2.88. The van der Waals surface area contributed by atoms with Crippen LogP contribution in [0.15, 0.2) is 29.3 Å². The van der Waals surface area contributed by atoms with Crippen molar-refractivity contribution in [2.45, 2.75) is 56.5 Å². The highest BCUT2D eigenvalue weighted by molar-refractivity contribution is 8.15. The molecule has 1 N–H and O–H groups in total. The highest BCUT2D eigenvalue weighted by Gasteiger charge is 2.35. The Labute approximate surface area is 189 Å². The molecular formula is C22H25N3O6S. The summed E-state index contributed by atoms with van der Waals surface area (Å²) in [5.74, 6) is -1.86. The number of nitrogens with one attached hydrogen (secondary N) is 1. The lowest BCUT2D eigenvalue weighted by Gasteiger charge is -2.27. The number of amides is 2. The minimum atomic E-state index is -0.921. The largest absolute Gasteiger partial charge is 0.460 e. The SMILES string of the molecule is CC1CC(OC(=O)c2cccc(NC(=O)CC3SC(N4CCCCC4)=NC3=O)c2)C(=O)O1. The molecule has 2 saturated heterocycles. The maximum absolute atomic E-state index is 12.5. The quantitative estimate of drug-likeness (QED) is 0.668. The Morgan fingerprint density at radius 1 is 1.25 bits per heavy atom. The van der Waals surface area contributed by atoms with E-state index in [2.05, 4.69) is 15.2 Å². The number of nitrogens with zero attached hydrogens (tertiary/aromatic N) is 2. The third-order valence-electron chi connectivity index (χ3n) is 5.48. The van der Waals surface area contributed by atoms with Crippen LogP contribution in [0, 0.1) is 0 Å². The summed E-state index contributed by atoms with van der Waals surface area (Å²) < 4.78 is 10.2. The van der Waals surface area contributed by atoms with Gasteiger partial charge in [0.05, 0.1) is 5.56 Å². The number of ether oxygens (including phenoxy) is 2. The number of cyclic esters (lactones) is 1. The molecule has 0 aliphatic carbocycles. The van der Waals surface area contributed by atoms with Gasteiger partial charge in [-0.05, 0) is 44.4 Å². The van der Waals surface area contributed by atoms with Crippen LogP contribution in [0.4, 0.5) is 5.69 Å². The standard InChI is InChI=1S/C22H25N3O6S/c1-13-10-16(21(29)30-13)31-20(28)14-6-5-7-15(11-14)23-18(26)12-17-19(27)24-22(32-17)25-8-3-2-4-9-25/h5-7,11,13,16-17H,2-4,8-10,12H2,1H3,(H,23,26). The Balaban J connectivity index is 1.30. The van der Waals surface area contributed by atoms with Crippen LogP contribution in [0.1, 0.15) is 49.4 Å². The molecule has 9 nitrogen and oxygen atoms in total. The predicted octanol–water partition coefficient (Wildman–Crippen LogP) is 2.36. The maximum Gasteiger partial charge on any atom is 0.347 e. The van der Waals surface area contributed by atoms with Crippen LogP contribution in [-0.4, -0.2) is 64.4 Å². The smallest absolute Gasteiger partial charge is 0.347 e. The molecule has 3 atom stereocenters. The molecule has 0 aromatic heterocycles.